The van der Waals surface area contributed by atoms with Gasteiger partial charge in [0.2, 0.25) is 0 Å². The lowest BCUT2D eigenvalue weighted by molar-refractivity contribution is 0.0587. The number of nitrogens with zero attached hydrogens (tertiary/aromatic N) is 5. The zero-order chi connectivity index (χ0) is 41.6. The number of esters is 1. The molecular formula is C43H52ClF2N5O4SSi. The summed E-state index contributed by atoms with van der Waals surface area (Å²) in [5, 5.41) is 22.1. The highest BCUT2D eigenvalue weighted by Gasteiger charge is 2.37. The minimum atomic E-state index is -1.93. The predicted octanol–water partition coefficient (Wildman–Crippen LogP) is 10.6. The molecule has 0 radical (unpaired) electrons. The van der Waals surface area contributed by atoms with Crippen molar-refractivity contribution in [3.8, 4) is 16.9 Å². The third-order valence-electron chi connectivity index (χ3n) is 11.5. The van der Waals surface area contributed by atoms with Gasteiger partial charge in [-0.25, -0.2) is 13.6 Å². The molecule has 0 unspecified atom stereocenters. The van der Waals surface area contributed by atoms with E-state index in [2.05, 4.69) is 33.9 Å². The number of rotatable bonds is 14. The van der Waals surface area contributed by atoms with Crippen LogP contribution in [0.5, 0.6) is 5.75 Å². The summed E-state index contributed by atoms with van der Waals surface area (Å²) in [6.07, 6.45) is 1.84. The van der Waals surface area contributed by atoms with E-state index in [0.717, 1.165) is 62.9 Å². The molecule has 0 bridgehead atoms. The molecule has 304 valence electrons. The number of halogens is 3. The number of hydrogen-bond donors (Lipinski definition) is 1. The van der Waals surface area contributed by atoms with Crippen LogP contribution in [0.3, 0.4) is 0 Å². The van der Waals surface area contributed by atoms with Crippen LogP contribution in [-0.2, 0) is 54.2 Å². The standard InChI is InChI=1S/C43H52ClF2N5O4SSi/c1-25-37-35(51(41(25)42(53)54-8)18-11-19-55-57(9,10)43(3,4)5)17-15-32(44)39(37)38-26(2)49(6)48-34(38)24-56-23-28-22-29(50(7)47-28)13-12-27-20-31-30(36(52)21-27)14-16-33(45)40(31)46/h14-17,20-22,52H,11-13,18-19,23-24H2,1-10H3. The molecule has 0 aliphatic heterocycles. The van der Waals surface area contributed by atoms with E-state index in [-0.39, 0.29) is 21.6 Å². The summed E-state index contributed by atoms with van der Waals surface area (Å²) in [5.74, 6) is -1.18. The lowest BCUT2D eigenvalue weighted by Crippen LogP contribution is -2.41. The number of benzene rings is 3. The summed E-state index contributed by atoms with van der Waals surface area (Å²) in [5.41, 5.74) is 8.40. The average Bonchev–Trinajstić information content (AvgIpc) is 3.75. The number of thioether (sulfide) groups is 1. The molecule has 0 fully saturated rings. The van der Waals surface area contributed by atoms with Gasteiger partial charge in [-0.1, -0.05) is 32.4 Å². The van der Waals surface area contributed by atoms with Crippen molar-refractivity contribution >= 4 is 59.3 Å². The van der Waals surface area contributed by atoms with E-state index in [0.29, 0.717) is 53.8 Å². The molecule has 6 rings (SSSR count). The highest BCUT2D eigenvalue weighted by atomic mass is 35.5. The average molecular weight is 837 g/mol. The fourth-order valence-electron chi connectivity index (χ4n) is 7.27. The highest BCUT2D eigenvalue weighted by molar-refractivity contribution is 7.97. The maximum atomic E-state index is 14.5. The summed E-state index contributed by atoms with van der Waals surface area (Å²) in [4.78, 5) is 13.4. The molecule has 14 heteroatoms. The van der Waals surface area contributed by atoms with E-state index < -0.39 is 25.9 Å². The third-order valence-corrected chi connectivity index (χ3v) is 17.3. The quantitative estimate of drug-likeness (QED) is 0.0663. The van der Waals surface area contributed by atoms with Crippen molar-refractivity contribution in [3.05, 3.63) is 98.7 Å². The first-order chi connectivity index (χ1) is 26.8. The number of hydrogen-bond acceptors (Lipinski definition) is 7. The minimum Gasteiger partial charge on any atom is -0.507 e. The Bertz CT molecular complexity index is 2490. The lowest BCUT2D eigenvalue weighted by Gasteiger charge is -2.36. The fraction of sp³-hybridized carbons (Fsp3) is 0.419. The molecule has 0 amide bonds. The Hall–Kier alpha value is -4.17. The Morgan fingerprint density at radius 3 is 2.40 bits per heavy atom. The van der Waals surface area contributed by atoms with Crippen molar-refractivity contribution in [3.63, 3.8) is 0 Å². The second-order valence-corrected chi connectivity index (χ2v) is 22.4. The second kappa shape index (κ2) is 16.6. The molecular weight excluding hydrogens is 784 g/mol. The maximum Gasteiger partial charge on any atom is 0.354 e. The molecule has 57 heavy (non-hydrogen) atoms. The van der Waals surface area contributed by atoms with Gasteiger partial charge in [0.05, 0.1) is 18.5 Å². The third kappa shape index (κ3) is 8.39. The van der Waals surface area contributed by atoms with Crippen LogP contribution < -0.4 is 0 Å². The number of aryl methyl sites for hydroxylation is 6. The Kier molecular flexibility index (Phi) is 12.4. The largest absolute Gasteiger partial charge is 0.507 e. The van der Waals surface area contributed by atoms with Gasteiger partial charge in [0, 0.05) is 88.0 Å². The zero-order valence-corrected chi connectivity index (χ0v) is 37.0. The molecule has 1 N–H and O–H groups in total. The molecule has 0 aliphatic carbocycles. The molecule has 0 saturated carbocycles. The Labute approximate surface area is 343 Å². The summed E-state index contributed by atoms with van der Waals surface area (Å²) in [7, 11) is 3.29. The number of aromatic nitrogens is 5. The van der Waals surface area contributed by atoms with E-state index in [4.69, 9.17) is 31.0 Å². The highest BCUT2D eigenvalue weighted by Crippen LogP contribution is 2.43. The van der Waals surface area contributed by atoms with Crippen molar-refractivity contribution in [2.45, 2.75) is 90.1 Å². The number of carbonyl (C=O) groups excluding carboxylic acids is 1. The summed E-state index contributed by atoms with van der Waals surface area (Å²) in [6.45, 7) is 16.3. The first kappa shape index (κ1) is 42.4. The molecule has 3 heterocycles. The van der Waals surface area contributed by atoms with Gasteiger partial charge in [-0.3, -0.25) is 9.36 Å². The van der Waals surface area contributed by atoms with Crippen molar-refractivity contribution in [1.29, 1.82) is 0 Å². The van der Waals surface area contributed by atoms with Gasteiger partial charge in [-0.15, -0.1) is 11.8 Å². The van der Waals surface area contributed by atoms with Crippen LogP contribution >= 0.6 is 23.4 Å². The van der Waals surface area contributed by atoms with Crippen molar-refractivity contribution in [1.82, 2.24) is 24.1 Å². The first-order valence-corrected chi connectivity index (χ1v) is 23.5. The van der Waals surface area contributed by atoms with Crippen LogP contribution in [0.1, 0.15) is 71.6 Å². The maximum absolute atomic E-state index is 14.5. The van der Waals surface area contributed by atoms with E-state index in [1.165, 1.54) is 13.2 Å². The summed E-state index contributed by atoms with van der Waals surface area (Å²) >= 11 is 8.77. The van der Waals surface area contributed by atoms with Gasteiger partial charge in [0.25, 0.3) is 0 Å². The minimum absolute atomic E-state index is 0.0629. The van der Waals surface area contributed by atoms with E-state index in [1.807, 2.05) is 60.1 Å². The fourth-order valence-corrected chi connectivity index (χ4v) is 9.46. The zero-order valence-electron chi connectivity index (χ0n) is 34.4. The predicted molar refractivity (Wildman–Crippen MR) is 229 cm³/mol. The van der Waals surface area contributed by atoms with Crippen LogP contribution in [0, 0.1) is 25.5 Å². The first-order valence-electron chi connectivity index (χ1n) is 19.1. The molecule has 9 nitrogen and oxygen atoms in total. The van der Waals surface area contributed by atoms with E-state index >= 15 is 0 Å². The van der Waals surface area contributed by atoms with Gasteiger partial charge >= 0.3 is 5.97 Å². The number of fused-ring (bicyclic) bond motifs is 2. The second-order valence-electron chi connectivity index (χ2n) is 16.2. The van der Waals surface area contributed by atoms with Gasteiger partial charge in [-0.2, -0.15) is 10.2 Å². The number of phenolic OH excluding ortho intramolecular Hbond substituents is 1. The molecule has 3 aromatic carbocycles. The number of ether oxygens (including phenoxy) is 1. The van der Waals surface area contributed by atoms with Gasteiger partial charge in [-0.05, 0) is 105 Å². The number of aromatic hydroxyl groups is 1. The SMILES string of the molecule is COC(=O)c1c(C)c2c(-c3c(CSCc4cc(CCc5cc(O)c6ccc(F)c(F)c6c5)n(C)n4)nn(C)c3C)c(Cl)ccc2n1CCCO[Si](C)(C)C(C)(C)C. The van der Waals surface area contributed by atoms with Gasteiger partial charge < -0.3 is 18.8 Å². The molecule has 3 aromatic heterocycles. The van der Waals surface area contributed by atoms with E-state index in [1.54, 1.807) is 23.9 Å². The van der Waals surface area contributed by atoms with Crippen molar-refractivity contribution in [2.75, 3.05) is 13.7 Å². The molecule has 0 saturated heterocycles. The normalized spacial score (nSPS) is 12.4. The number of carbonyl (C=O) groups is 1. The van der Waals surface area contributed by atoms with Gasteiger partial charge in [0.15, 0.2) is 20.0 Å². The Morgan fingerprint density at radius 1 is 0.965 bits per heavy atom. The molecule has 0 aliphatic rings. The Morgan fingerprint density at radius 2 is 1.70 bits per heavy atom. The van der Waals surface area contributed by atoms with Gasteiger partial charge in [0.1, 0.15) is 11.4 Å². The molecule has 0 atom stereocenters. The smallest absolute Gasteiger partial charge is 0.354 e. The van der Waals surface area contributed by atoms with Crippen molar-refractivity contribution in [2.24, 2.45) is 14.1 Å². The number of methoxy groups -OCH3 is 1. The van der Waals surface area contributed by atoms with Crippen LogP contribution in [0.4, 0.5) is 8.78 Å². The van der Waals surface area contributed by atoms with Crippen LogP contribution in [0.15, 0.2) is 42.5 Å². The summed E-state index contributed by atoms with van der Waals surface area (Å²) < 4.78 is 46.0. The van der Waals surface area contributed by atoms with Crippen LogP contribution in [0.25, 0.3) is 32.8 Å². The van der Waals surface area contributed by atoms with Crippen LogP contribution in [0.2, 0.25) is 23.2 Å². The molecule has 6 aromatic rings. The van der Waals surface area contributed by atoms with E-state index in [9.17, 15) is 18.7 Å². The Balaban J connectivity index is 1.22. The monoisotopic (exact) mass is 835 g/mol. The van der Waals surface area contributed by atoms with Crippen LogP contribution in [-0.4, -0.2) is 57.2 Å². The topological polar surface area (TPSA) is 96.3 Å². The summed E-state index contributed by atoms with van der Waals surface area (Å²) in [6, 6.07) is 11.5. The number of phenols is 1. The van der Waals surface area contributed by atoms with Crippen molar-refractivity contribution < 1.29 is 27.8 Å². The molecule has 0 spiro atoms. The lowest BCUT2D eigenvalue weighted by atomic mass is 9.97.